The number of carbonyl (C=O) groups is 1. The average Bonchev–Trinajstić information content (AvgIpc) is 3.01. The Morgan fingerprint density at radius 1 is 1.12 bits per heavy atom. The fourth-order valence-electron chi connectivity index (χ4n) is 2.31. The van der Waals surface area contributed by atoms with Crippen molar-refractivity contribution < 1.29 is 14.6 Å². The molecule has 0 radical (unpaired) electrons. The number of nitrogens with zero attached hydrogens (tertiary/aromatic N) is 4. The molecule has 0 unspecified atom stereocenters. The van der Waals surface area contributed by atoms with Gasteiger partial charge in [-0.1, -0.05) is 11.6 Å². The molecule has 1 N–H and O–H groups in total. The lowest BCUT2D eigenvalue weighted by Crippen LogP contribution is -2.23. The predicted octanol–water partition coefficient (Wildman–Crippen LogP) is 2.73. The number of imidazole rings is 1. The molecular weight excluding hydrogens is 366 g/mol. The molecule has 2 aromatic heterocycles. The van der Waals surface area contributed by atoms with E-state index in [1.54, 1.807) is 28.9 Å². The van der Waals surface area contributed by atoms with Gasteiger partial charge in [0, 0.05) is 24.5 Å². The highest BCUT2D eigenvalue weighted by Gasteiger charge is 2.20. The van der Waals surface area contributed by atoms with Crippen molar-refractivity contribution in [1.82, 2.24) is 14.7 Å². The summed E-state index contributed by atoms with van der Waals surface area (Å²) in [5.74, 6) is -0.688. The van der Waals surface area contributed by atoms with Gasteiger partial charge in [0.2, 0.25) is 0 Å². The minimum absolute atomic E-state index is 0.0363. The van der Waals surface area contributed by atoms with Crippen LogP contribution < -0.4 is 5.32 Å². The van der Waals surface area contributed by atoms with E-state index in [-0.39, 0.29) is 12.1 Å². The normalized spacial score (nSPS) is 10.7. The zero-order chi connectivity index (χ0) is 18.8. The Morgan fingerprint density at radius 3 is 2.38 bits per heavy atom. The SMILES string of the molecule is O=C(NCc1cn2cc(Cl)ccc2n1)c1cc([N+](=O)[O-])cc([N+](=O)[O-])c1. The summed E-state index contributed by atoms with van der Waals surface area (Å²) in [5.41, 5.74) is -0.0960. The van der Waals surface area contributed by atoms with E-state index >= 15 is 0 Å². The second-order valence-corrected chi connectivity index (χ2v) is 5.72. The van der Waals surface area contributed by atoms with Crippen LogP contribution in [0.1, 0.15) is 16.1 Å². The molecule has 0 bridgehead atoms. The zero-order valence-electron chi connectivity index (χ0n) is 13.0. The maximum Gasteiger partial charge on any atom is 0.277 e. The van der Waals surface area contributed by atoms with Gasteiger partial charge >= 0.3 is 0 Å². The number of rotatable bonds is 5. The fraction of sp³-hybridized carbons (Fsp3) is 0.0667. The van der Waals surface area contributed by atoms with Crippen molar-refractivity contribution in [2.45, 2.75) is 6.54 Å². The van der Waals surface area contributed by atoms with Crippen LogP contribution in [0.15, 0.2) is 42.7 Å². The molecule has 1 amide bonds. The molecule has 26 heavy (non-hydrogen) atoms. The van der Waals surface area contributed by atoms with Crippen molar-refractivity contribution in [1.29, 1.82) is 0 Å². The Bertz CT molecular complexity index is 1020. The monoisotopic (exact) mass is 375 g/mol. The topological polar surface area (TPSA) is 133 Å². The highest BCUT2D eigenvalue weighted by molar-refractivity contribution is 6.30. The van der Waals surface area contributed by atoms with E-state index in [2.05, 4.69) is 10.3 Å². The van der Waals surface area contributed by atoms with Crippen LogP contribution >= 0.6 is 11.6 Å². The molecule has 3 rings (SSSR count). The largest absolute Gasteiger partial charge is 0.346 e. The first-order valence-electron chi connectivity index (χ1n) is 7.19. The number of nitro groups is 2. The number of aromatic nitrogens is 2. The molecule has 3 aromatic rings. The third-order valence-electron chi connectivity index (χ3n) is 3.48. The van der Waals surface area contributed by atoms with Crippen LogP contribution in [0, 0.1) is 20.2 Å². The van der Waals surface area contributed by atoms with Crippen LogP contribution in [0.3, 0.4) is 0 Å². The number of amides is 1. The van der Waals surface area contributed by atoms with Gasteiger partial charge in [-0.3, -0.25) is 25.0 Å². The lowest BCUT2D eigenvalue weighted by Gasteiger charge is -2.03. The van der Waals surface area contributed by atoms with Crippen molar-refractivity contribution in [2.24, 2.45) is 0 Å². The molecule has 0 spiro atoms. The third-order valence-corrected chi connectivity index (χ3v) is 3.70. The lowest BCUT2D eigenvalue weighted by molar-refractivity contribution is -0.394. The van der Waals surface area contributed by atoms with E-state index in [4.69, 9.17) is 11.6 Å². The minimum atomic E-state index is -0.796. The van der Waals surface area contributed by atoms with Crippen molar-refractivity contribution >= 4 is 34.5 Å². The Balaban J connectivity index is 1.80. The van der Waals surface area contributed by atoms with Crippen molar-refractivity contribution in [2.75, 3.05) is 0 Å². The Hall–Kier alpha value is -3.53. The number of hydrogen-bond donors (Lipinski definition) is 1. The molecule has 2 heterocycles. The van der Waals surface area contributed by atoms with Crippen molar-refractivity contribution in [3.05, 3.63) is 79.2 Å². The number of halogens is 1. The van der Waals surface area contributed by atoms with E-state index in [0.717, 1.165) is 18.2 Å². The first-order valence-corrected chi connectivity index (χ1v) is 7.56. The van der Waals surface area contributed by atoms with Gasteiger partial charge in [-0.25, -0.2) is 4.98 Å². The second-order valence-electron chi connectivity index (χ2n) is 5.28. The first-order chi connectivity index (χ1) is 12.3. The molecule has 0 saturated carbocycles. The Kier molecular flexibility index (Phi) is 4.50. The molecule has 0 atom stereocenters. The maximum absolute atomic E-state index is 12.2. The molecular formula is C15H10ClN5O5. The van der Waals surface area contributed by atoms with E-state index in [1.807, 2.05) is 0 Å². The second kappa shape index (κ2) is 6.76. The number of pyridine rings is 1. The summed E-state index contributed by atoms with van der Waals surface area (Å²) < 4.78 is 1.68. The van der Waals surface area contributed by atoms with Gasteiger partial charge in [0.25, 0.3) is 17.3 Å². The standard InChI is InChI=1S/C15H10ClN5O5/c16-10-1-2-14-18-11(8-19(14)7-10)6-17-15(22)9-3-12(20(23)24)5-13(4-9)21(25)26/h1-5,7-8H,6H2,(H,17,22). The summed E-state index contributed by atoms with van der Waals surface area (Å²) >= 11 is 5.89. The quantitative estimate of drug-likeness (QED) is 0.538. The van der Waals surface area contributed by atoms with Gasteiger partial charge < -0.3 is 9.72 Å². The highest BCUT2D eigenvalue weighted by atomic mass is 35.5. The van der Waals surface area contributed by atoms with Crippen molar-refractivity contribution in [3.63, 3.8) is 0 Å². The van der Waals surface area contributed by atoms with Crippen molar-refractivity contribution in [3.8, 4) is 0 Å². The summed E-state index contributed by atoms with van der Waals surface area (Å²) in [6, 6.07) is 6.13. The number of non-ortho nitro benzene ring substituents is 2. The fourth-order valence-corrected chi connectivity index (χ4v) is 2.48. The van der Waals surface area contributed by atoms with Gasteiger partial charge in [0.15, 0.2) is 0 Å². The Labute approximate surface area is 150 Å². The molecule has 0 aliphatic carbocycles. The minimum Gasteiger partial charge on any atom is -0.346 e. The number of carbonyl (C=O) groups excluding carboxylic acids is 1. The third kappa shape index (κ3) is 3.59. The van der Waals surface area contributed by atoms with Crippen LogP contribution in [0.5, 0.6) is 0 Å². The van der Waals surface area contributed by atoms with Gasteiger partial charge in [0.05, 0.1) is 38.7 Å². The predicted molar refractivity (Wildman–Crippen MR) is 91.1 cm³/mol. The first kappa shape index (κ1) is 17.3. The molecule has 0 saturated heterocycles. The Morgan fingerprint density at radius 2 is 1.77 bits per heavy atom. The number of hydrogen-bond acceptors (Lipinski definition) is 6. The molecule has 132 valence electrons. The van der Waals surface area contributed by atoms with E-state index in [1.165, 1.54) is 0 Å². The molecule has 0 aliphatic rings. The van der Waals surface area contributed by atoms with Crippen LogP contribution in [0.2, 0.25) is 5.02 Å². The van der Waals surface area contributed by atoms with Crippen LogP contribution in [-0.4, -0.2) is 25.1 Å². The van der Waals surface area contributed by atoms with Crippen LogP contribution in [0.4, 0.5) is 11.4 Å². The molecule has 11 heteroatoms. The molecule has 0 aliphatic heterocycles. The van der Waals surface area contributed by atoms with Gasteiger partial charge in [0.1, 0.15) is 5.65 Å². The number of nitrogens with one attached hydrogen (secondary N) is 1. The number of benzene rings is 1. The number of nitro benzene ring substituents is 2. The van der Waals surface area contributed by atoms with Gasteiger partial charge in [-0.2, -0.15) is 0 Å². The zero-order valence-corrected chi connectivity index (χ0v) is 13.7. The van der Waals surface area contributed by atoms with Gasteiger partial charge in [-0.15, -0.1) is 0 Å². The van der Waals surface area contributed by atoms with E-state index < -0.39 is 27.1 Å². The highest BCUT2D eigenvalue weighted by Crippen LogP contribution is 2.22. The average molecular weight is 376 g/mol. The summed E-state index contributed by atoms with van der Waals surface area (Å²) in [5, 5.41) is 24.8. The number of fused-ring (bicyclic) bond motifs is 1. The van der Waals surface area contributed by atoms with Crippen LogP contribution in [-0.2, 0) is 6.54 Å². The van der Waals surface area contributed by atoms with Gasteiger partial charge in [-0.05, 0) is 12.1 Å². The summed E-state index contributed by atoms with van der Waals surface area (Å²) in [7, 11) is 0. The van der Waals surface area contributed by atoms with E-state index in [9.17, 15) is 25.0 Å². The van der Waals surface area contributed by atoms with E-state index in [0.29, 0.717) is 16.4 Å². The molecule has 1 aromatic carbocycles. The summed E-state index contributed by atoms with van der Waals surface area (Å²) in [4.78, 5) is 36.7. The smallest absolute Gasteiger partial charge is 0.277 e. The maximum atomic E-state index is 12.2. The summed E-state index contributed by atoms with van der Waals surface area (Å²) in [6.07, 6.45) is 3.32. The molecule has 0 fully saturated rings. The summed E-state index contributed by atoms with van der Waals surface area (Å²) in [6.45, 7) is 0.0363. The lowest BCUT2D eigenvalue weighted by atomic mass is 10.1. The molecule has 10 nitrogen and oxygen atoms in total. The van der Waals surface area contributed by atoms with Crippen LogP contribution in [0.25, 0.3) is 5.65 Å².